The first-order valence-corrected chi connectivity index (χ1v) is 9.21. The molecule has 0 radical (unpaired) electrons. The molecule has 3 aromatic rings. The average molecular weight is 338 g/mol. The van der Waals surface area contributed by atoms with Gasteiger partial charge in [-0.25, -0.2) is 0 Å². The van der Waals surface area contributed by atoms with Crippen molar-refractivity contribution in [3.63, 3.8) is 0 Å². The highest BCUT2D eigenvalue weighted by molar-refractivity contribution is 5.94. The van der Waals surface area contributed by atoms with Crippen LogP contribution in [0.15, 0.2) is 60.7 Å². The molecule has 0 spiro atoms. The minimum atomic E-state index is 0.702. The maximum atomic E-state index is 9.70. The minimum absolute atomic E-state index is 0.702. The van der Waals surface area contributed by atoms with Crippen molar-refractivity contribution in [1.29, 1.82) is 5.26 Å². The monoisotopic (exact) mass is 338 g/mol. The number of nitrogens with zero attached hydrogens (tertiary/aromatic N) is 2. The summed E-state index contributed by atoms with van der Waals surface area (Å²) in [5, 5.41) is 12.1. The van der Waals surface area contributed by atoms with Crippen LogP contribution in [0.25, 0.3) is 22.4 Å². The van der Waals surface area contributed by atoms with Crippen molar-refractivity contribution in [2.75, 3.05) is 18.0 Å². The Morgan fingerprint density at radius 2 is 1.73 bits per heavy atom. The minimum Gasteiger partial charge on any atom is -0.372 e. The van der Waals surface area contributed by atoms with Crippen molar-refractivity contribution in [3.8, 4) is 6.07 Å². The molecular weight excluding hydrogens is 316 g/mol. The van der Waals surface area contributed by atoms with Gasteiger partial charge in [0.2, 0.25) is 0 Å². The average Bonchev–Trinajstić information content (AvgIpc) is 3.21. The highest BCUT2D eigenvalue weighted by Gasteiger charge is 2.13. The van der Waals surface area contributed by atoms with Crippen LogP contribution in [0.3, 0.4) is 0 Å². The normalized spacial score (nSPS) is 14.6. The van der Waals surface area contributed by atoms with Gasteiger partial charge in [0.25, 0.3) is 0 Å². The lowest BCUT2D eigenvalue weighted by atomic mass is 9.98. The summed E-state index contributed by atoms with van der Waals surface area (Å²) < 4.78 is 0. The highest BCUT2D eigenvalue weighted by Crippen LogP contribution is 2.27. The van der Waals surface area contributed by atoms with Gasteiger partial charge in [0.1, 0.15) is 0 Å². The van der Waals surface area contributed by atoms with Gasteiger partial charge in [-0.2, -0.15) is 5.26 Å². The highest BCUT2D eigenvalue weighted by atomic mass is 15.1. The summed E-state index contributed by atoms with van der Waals surface area (Å²) >= 11 is 0. The molecule has 26 heavy (non-hydrogen) atoms. The zero-order valence-electron chi connectivity index (χ0n) is 15.1. The van der Waals surface area contributed by atoms with E-state index in [0.717, 1.165) is 29.6 Å². The molecule has 2 heteroatoms. The first-order valence-electron chi connectivity index (χ1n) is 9.21. The number of aryl methyl sites for hydroxylation is 1. The molecule has 0 N–H and O–H groups in total. The van der Waals surface area contributed by atoms with Crippen molar-refractivity contribution in [2.45, 2.75) is 19.8 Å². The topological polar surface area (TPSA) is 27.0 Å². The van der Waals surface area contributed by atoms with Gasteiger partial charge in [-0.3, -0.25) is 0 Å². The van der Waals surface area contributed by atoms with Gasteiger partial charge < -0.3 is 4.90 Å². The SMILES string of the molecule is Cc1cc(N2CCCC2)ccc1/C=C(/C#N)c1ccc2ccccc2c1. The number of hydrogen-bond donors (Lipinski definition) is 0. The zero-order chi connectivity index (χ0) is 17.9. The third kappa shape index (κ3) is 3.21. The molecule has 1 saturated heterocycles. The molecule has 0 saturated carbocycles. The number of fused-ring (bicyclic) bond motifs is 1. The van der Waals surface area contributed by atoms with Crippen LogP contribution >= 0.6 is 0 Å². The molecule has 0 bridgehead atoms. The largest absolute Gasteiger partial charge is 0.372 e. The zero-order valence-corrected chi connectivity index (χ0v) is 15.1. The van der Waals surface area contributed by atoms with Gasteiger partial charge in [-0.05, 0) is 71.5 Å². The van der Waals surface area contributed by atoms with Gasteiger partial charge in [0.05, 0.1) is 11.6 Å². The fourth-order valence-electron chi connectivity index (χ4n) is 3.69. The number of nitriles is 1. The quantitative estimate of drug-likeness (QED) is 0.445. The maximum Gasteiger partial charge on any atom is 0.0998 e. The summed E-state index contributed by atoms with van der Waals surface area (Å²) in [6, 6.07) is 23.4. The third-order valence-corrected chi connectivity index (χ3v) is 5.21. The van der Waals surface area contributed by atoms with Crippen LogP contribution in [-0.2, 0) is 0 Å². The Hall–Kier alpha value is -3.05. The molecule has 1 aliphatic heterocycles. The van der Waals surface area contributed by atoms with E-state index in [1.165, 1.54) is 29.5 Å². The first-order chi connectivity index (χ1) is 12.7. The van der Waals surface area contributed by atoms with E-state index in [0.29, 0.717) is 5.57 Å². The van der Waals surface area contributed by atoms with E-state index in [-0.39, 0.29) is 0 Å². The van der Waals surface area contributed by atoms with Crippen LogP contribution < -0.4 is 4.90 Å². The molecular formula is C24H22N2. The third-order valence-electron chi connectivity index (χ3n) is 5.21. The molecule has 1 aliphatic rings. The molecule has 0 unspecified atom stereocenters. The Kier molecular flexibility index (Phi) is 4.46. The fraction of sp³-hybridized carbons (Fsp3) is 0.208. The van der Waals surface area contributed by atoms with E-state index in [2.05, 4.69) is 60.4 Å². The van der Waals surface area contributed by atoms with E-state index in [1.54, 1.807) is 0 Å². The van der Waals surface area contributed by atoms with Crippen molar-refractivity contribution in [3.05, 3.63) is 77.4 Å². The van der Waals surface area contributed by atoms with Crippen LogP contribution in [0.5, 0.6) is 0 Å². The van der Waals surface area contributed by atoms with Crippen molar-refractivity contribution >= 4 is 28.1 Å². The van der Waals surface area contributed by atoms with Crippen LogP contribution in [0.1, 0.15) is 29.5 Å². The van der Waals surface area contributed by atoms with E-state index >= 15 is 0 Å². The Morgan fingerprint density at radius 1 is 0.962 bits per heavy atom. The molecule has 1 fully saturated rings. The van der Waals surface area contributed by atoms with Crippen molar-refractivity contribution in [1.82, 2.24) is 0 Å². The number of benzene rings is 3. The molecule has 0 amide bonds. The lowest BCUT2D eigenvalue weighted by molar-refractivity contribution is 0.949. The smallest absolute Gasteiger partial charge is 0.0998 e. The molecule has 128 valence electrons. The Labute approximate surface area is 155 Å². The summed E-state index contributed by atoms with van der Waals surface area (Å²) in [5.41, 5.74) is 5.28. The fourth-order valence-corrected chi connectivity index (χ4v) is 3.69. The summed E-state index contributed by atoms with van der Waals surface area (Å²) in [6.07, 6.45) is 4.57. The lowest BCUT2D eigenvalue weighted by Gasteiger charge is -2.18. The summed E-state index contributed by atoms with van der Waals surface area (Å²) in [7, 11) is 0. The predicted molar refractivity (Wildman–Crippen MR) is 110 cm³/mol. The van der Waals surface area contributed by atoms with Gasteiger partial charge in [0.15, 0.2) is 0 Å². The van der Waals surface area contributed by atoms with Crippen LogP contribution in [0.2, 0.25) is 0 Å². The number of hydrogen-bond acceptors (Lipinski definition) is 2. The summed E-state index contributed by atoms with van der Waals surface area (Å²) in [5.74, 6) is 0. The molecule has 0 atom stereocenters. The van der Waals surface area contributed by atoms with E-state index in [4.69, 9.17) is 0 Å². The maximum absolute atomic E-state index is 9.70. The van der Waals surface area contributed by atoms with E-state index in [9.17, 15) is 5.26 Å². The van der Waals surface area contributed by atoms with Gasteiger partial charge in [-0.15, -0.1) is 0 Å². The lowest BCUT2D eigenvalue weighted by Crippen LogP contribution is -2.17. The second kappa shape index (κ2) is 7.06. The van der Waals surface area contributed by atoms with Crippen LogP contribution in [0.4, 0.5) is 5.69 Å². The number of allylic oxidation sites excluding steroid dienone is 1. The predicted octanol–water partition coefficient (Wildman–Crippen LogP) is 5.81. The molecule has 0 aliphatic carbocycles. The Bertz CT molecular complexity index is 1020. The second-order valence-corrected chi connectivity index (χ2v) is 6.97. The Morgan fingerprint density at radius 3 is 2.46 bits per heavy atom. The molecule has 2 nitrogen and oxygen atoms in total. The molecule has 0 aromatic heterocycles. The first kappa shape index (κ1) is 16.4. The number of rotatable bonds is 3. The van der Waals surface area contributed by atoms with E-state index < -0.39 is 0 Å². The summed E-state index contributed by atoms with van der Waals surface area (Å²) in [4.78, 5) is 2.44. The van der Waals surface area contributed by atoms with Gasteiger partial charge in [-0.1, -0.05) is 42.5 Å². The molecule has 4 rings (SSSR count). The molecule has 3 aromatic carbocycles. The van der Waals surface area contributed by atoms with Crippen molar-refractivity contribution < 1.29 is 0 Å². The van der Waals surface area contributed by atoms with Crippen LogP contribution in [-0.4, -0.2) is 13.1 Å². The summed E-state index contributed by atoms with van der Waals surface area (Å²) in [6.45, 7) is 4.42. The van der Waals surface area contributed by atoms with Gasteiger partial charge in [0, 0.05) is 18.8 Å². The van der Waals surface area contributed by atoms with E-state index in [1.807, 2.05) is 24.3 Å². The number of anilines is 1. The van der Waals surface area contributed by atoms with Gasteiger partial charge >= 0.3 is 0 Å². The Balaban J connectivity index is 1.69. The van der Waals surface area contributed by atoms with Crippen LogP contribution in [0, 0.1) is 18.3 Å². The molecule has 1 heterocycles. The standard InChI is InChI=1S/C24H22N2/c1-18-14-24(26-12-4-5-13-26)11-10-20(18)15-23(17-25)22-9-8-19-6-2-3-7-21(19)16-22/h2-3,6-11,14-16H,4-5,12-13H2,1H3/b23-15-. The second-order valence-electron chi connectivity index (χ2n) is 6.97. The van der Waals surface area contributed by atoms with Crippen molar-refractivity contribution in [2.24, 2.45) is 0 Å².